The van der Waals surface area contributed by atoms with Crippen LogP contribution >= 0.6 is 0 Å². The van der Waals surface area contributed by atoms with Crippen molar-refractivity contribution in [2.24, 2.45) is 10.8 Å². The summed E-state index contributed by atoms with van der Waals surface area (Å²) < 4.78 is 0. The molecule has 0 fully saturated rings. The summed E-state index contributed by atoms with van der Waals surface area (Å²) in [5.74, 6) is 0.661. The first-order chi connectivity index (χ1) is 15.7. The molecule has 1 atom stereocenters. The number of aryl methyl sites for hydroxylation is 1. The van der Waals surface area contributed by atoms with Crippen molar-refractivity contribution in [2.45, 2.75) is 74.7 Å². The molecular weight excluding hydrogens is 613 g/mol. The van der Waals surface area contributed by atoms with Crippen molar-refractivity contribution >= 4 is 16.7 Å². The number of aliphatic hydroxyl groups excluding tert-OH is 1. The van der Waals surface area contributed by atoms with Gasteiger partial charge in [0.15, 0.2) is 5.78 Å². The number of pyridine rings is 2. The number of carbonyl (C=O) groups excluding carboxylic acids is 1. The van der Waals surface area contributed by atoms with Crippen LogP contribution in [0.5, 0.6) is 0 Å². The monoisotopic (exact) mass is 652 g/mol. The number of aromatic nitrogens is 2. The summed E-state index contributed by atoms with van der Waals surface area (Å²) in [6, 6.07) is 13.9. The quantitative estimate of drug-likeness (QED) is 0.176. The third-order valence-corrected chi connectivity index (χ3v) is 5.75. The zero-order valence-corrected chi connectivity index (χ0v) is 24.9. The molecule has 0 saturated heterocycles. The molecule has 0 amide bonds. The molecule has 2 aromatic heterocycles. The van der Waals surface area contributed by atoms with E-state index in [1.54, 1.807) is 6.20 Å². The molecule has 0 saturated carbocycles. The maximum atomic E-state index is 11.5. The van der Waals surface area contributed by atoms with Crippen molar-refractivity contribution < 1.29 is 30.0 Å². The van der Waals surface area contributed by atoms with Crippen molar-refractivity contribution in [3.8, 4) is 11.3 Å². The van der Waals surface area contributed by atoms with E-state index in [4.69, 9.17) is 4.98 Å². The maximum Gasteiger partial charge on any atom is 0.164 e. The van der Waals surface area contributed by atoms with E-state index in [1.165, 1.54) is 17.2 Å². The minimum atomic E-state index is -0.417. The van der Waals surface area contributed by atoms with Crippen LogP contribution in [-0.4, -0.2) is 20.9 Å². The van der Waals surface area contributed by atoms with Crippen LogP contribution in [0, 0.1) is 23.8 Å². The second-order valence-electron chi connectivity index (χ2n) is 11.0. The first-order valence-electron chi connectivity index (χ1n) is 11.9. The Morgan fingerprint density at radius 1 is 1.09 bits per heavy atom. The number of carbonyl (C=O) groups is 1. The van der Waals surface area contributed by atoms with Gasteiger partial charge in [0.05, 0.1) is 5.52 Å². The van der Waals surface area contributed by atoms with Crippen LogP contribution < -0.4 is 0 Å². The number of benzene rings is 1. The molecule has 1 N–H and O–H groups in total. The Bertz CT molecular complexity index is 1170. The number of nitrogens with zero attached hydrogens (tertiary/aromatic N) is 2. The van der Waals surface area contributed by atoms with Crippen LogP contribution in [0.25, 0.3) is 22.2 Å². The average molecular weight is 652 g/mol. The Labute approximate surface area is 224 Å². The van der Waals surface area contributed by atoms with Gasteiger partial charge in [-0.1, -0.05) is 80.9 Å². The van der Waals surface area contributed by atoms with Crippen molar-refractivity contribution in [3.05, 3.63) is 71.8 Å². The van der Waals surface area contributed by atoms with Crippen LogP contribution in [0.15, 0.2) is 54.6 Å². The maximum absolute atomic E-state index is 11.5. The predicted molar refractivity (Wildman–Crippen MR) is 142 cm³/mol. The molecule has 2 heterocycles. The van der Waals surface area contributed by atoms with Gasteiger partial charge in [0.2, 0.25) is 0 Å². The fourth-order valence-electron chi connectivity index (χ4n) is 3.07. The SMILES string of the molecule is CC(C)(C)C(=O)/C=C(\O)C(C)(C)C.CCC(C)c1cc(C)[c-]c(-c2ccc3cnccc3n2)c1.[Ir]. The van der Waals surface area contributed by atoms with Gasteiger partial charge in [-0.25, -0.2) is 0 Å². The number of ketones is 1. The Morgan fingerprint density at radius 3 is 2.31 bits per heavy atom. The second-order valence-corrected chi connectivity index (χ2v) is 11.0. The minimum Gasteiger partial charge on any atom is -0.512 e. The number of rotatable bonds is 4. The fraction of sp³-hybridized carbons (Fsp3) is 0.433. The molecule has 1 radical (unpaired) electrons. The number of hydrogen-bond donors (Lipinski definition) is 1. The number of allylic oxidation sites excluding steroid dienone is 2. The van der Waals surface area contributed by atoms with Crippen LogP contribution in [-0.2, 0) is 24.9 Å². The Morgan fingerprint density at radius 2 is 1.74 bits per heavy atom. The van der Waals surface area contributed by atoms with E-state index in [2.05, 4.69) is 56.1 Å². The fourth-order valence-corrected chi connectivity index (χ4v) is 3.07. The molecule has 191 valence electrons. The third kappa shape index (κ3) is 8.98. The predicted octanol–water partition coefficient (Wildman–Crippen LogP) is 8.01. The molecule has 3 aromatic rings. The van der Waals surface area contributed by atoms with E-state index in [1.807, 2.05) is 53.8 Å². The average Bonchev–Trinajstić information content (AvgIpc) is 2.76. The van der Waals surface area contributed by atoms with Crippen molar-refractivity contribution in [1.82, 2.24) is 9.97 Å². The molecule has 0 bridgehead atoms. The molecule has 1 unspecified atom stereocenters. The van der Waals surface area contributed by atoms with Crippen molar-refractivity contribution in [2.75, 3.05) is 0 Å². The first-order valence-corrected chi connectivity index (χ1v) is 11.9. The van der Waals surface area contributed by atoms with Gasteiger partial charge in [-0.05, 0) is 17.7 Å². The second kappa shape index (κ2) is 12.6. The molecule has 5 heteroatoms. The van der Waals surface area contributed by atoms with E-state index >= 15 is 0 Å². The van der Waals surface area contributed by atoms with E-state index < -0.39 is 5.41 Å². The van der Waals surface area contributed by atoms with E-state index in [0.717, 1.165) is 28.6 Å². The van der Waals surface area contributed by atoms with Crippen LogP contribution in [0.2, 0.25) is 0 Å². The standard InChI is InChI=1S/C19H19N2.C11H20O2.Ir/c1-4-14(3)16-9-13(2)10-17(11-16)18-6-5-15-12-20-8-7-19(15)21-18;1-10(2,3)8(12)7-9(13)11(4,5)6;/h5-9,11-12,14H,4H2,1-3H3;7,12H,1-6H3;/q-1;;/b;8-7-;. The van der Waals surface area contributed by atoms with Crippen LogP contribution in [0.1, 0.15) is 78.9 Å². The zero-order valence-electron chi connectivity index (χ0n) is 22.5. The van der Waals surface area contributed by atoms with Gasteiger partial charge in [-0.15, -0.1) is 34.9 Å². The van der Waals surface area contributed by atoms with Crippen LogP contribution in [0.3, 0.4) is 0 Å². The first kappa shape index (κ1) is 30.7. The Balaban J connectivity index is 0.000000383. The normalized spacial score (nSPS) is 12.9. The molecule has 4 nitrogen and oxygen atoms in total. The molecule has 35 heavy (non-hydrogen) atoms. The molecular formula is C30H39IrN2O2-. The molecule has 0 spiro atoms. The smallest absolute Gasteiger partial charge is 0.164 e. The van der Waals surface area contributed by atoms with Crippen molar-refractivity contribution in [3.63, 3.8) is 0 Å². The van der Waals surface area contributed by atoms with Gasteiger partial charge < -0.3 is 5.11 Å². The van der Waals surface area contributed by atoms with E-state index in [-0.39, 0.29) is 37.1 Å². The van der Waals surface area contributed by atoms with Gasteiger partial charge in [-0.3, -0.25) is 14.8 Å². The van der Waals surface area contributed by atoms with E-state index in [9.17, 15) is 9.90 Å². The van der Waals surface area contributed by atoms with E-state index in [0.29, 0.717) is 5.92 Å². The largest absolute Gasteiger partial charge is 0.512 e. The number of hydrogen-bond acceptors (Lipinski definition) is 4. The number of aliphatic hydroxyl groups is 1. The minimum absolute atomic E-state index is 0. The zero-order chi connectivity index (χ0) is 25.7. The van der Waals surface area contributed by atoms with Gasteiger partial charge in [-0.2, -0.15) is 0 Å². The summed E-state index contributed by atoms with van der Waals surface area (Å²) in [7, 11) is 0. The van der Waals surface area contributed by atoms with Crippen LogP contribution in [0.4, 0.5) is 0 Å². The summed E-state index contributed by atoms with van der Waals surface area (Å²) in [6.45, 7) is 17.7. The number of fused-ring (bicyclic) bond motifs is 1. The topological polar surface area (TPSA) is 63.1 Å². The molecule has 0 aliphatic carbocycles. The third-order valence-electron chi connectivity index (χ3n) is 5.75. The molecule has 0 aliphatic rings. The van der Waals surface area contributed by atoms with Gasteiger partial charge in [0.25, 0.3) is 0 Å². The summed E-state index contributed by atoms with van der Waals surface area (Å²) in [6.07, 6.45) is 6.10. The van der Waals surface area contributed by atoms with Gasteiger partial charge in [0, 0.05) is 54.8 Å². The Kier molecular flexibility index (Phi) is 11.0. The van der Waals surface area contributed by atoms with Gasteiger partial charge in [0.1, 0.15) is 5.76 Å². The summed E-state index contributed by atoms with van der Waals surface area (Å²) in [4.78, 5) is 20.4. The summed E-state index contributed by atoms with van der Waals surface area (Å²) in [5, 5.41) is 10.6. The van der Waals surface area contributed by atoms with Crippen molar-refractivity contribution in [1.29, 1.82) is 0 Å². The summed E-state index contributed by atoms with van der Waals surface area (Å²) in [5.41, 5.74) is 4.79. The molecule has 1 aromatic carbocycles. The van der Waals surface area contributed by atoms with Gasteiger partial charge >= 0.3 is 0 Å². The molecule has 3 rings (SSSR count). The molecule has 0 aliphatic heterocycles. The summed E-state index contributed by atoms with van der Waals surface area (Å²) >= 11 is 0. The Hall–Kier alpha value is -2.36.